The molecule has 1 amide bonds. The number of halogens is 1. The standard InChI is InChI=1S/C20H17ClN2O3S/c1-13(15-8-2-3-9-16(15)21)22-19(24)12-23-17-10-4-6-14-7-5-11-18(20(14)17)27(23,25)26/h2-11,13H,12H2,1H3,(H,22,24). The summed E-state index contributed by atoms with van der Waals surface area (Å²) in [5, 5.41) is 4.88. The van der Waals surface area contributed by atoms with Crippen molar-refractivity contribution >= 4 is 44.0 Å². The number of sulfonamides is 1. The Hall–Kier alpha value is -2.57. The van der Waals surface area contributed by atoms with E-state index in [1.165, 1.54) is 4.31 Å². The molecule has 3 aromatic carbocycles. The van der Waals surface area contributed by atoms with Crippen molar-refractivity contribution in [2.75, 3.05) is 10.8 Å². The lowest BCUT2D eigenvalue weighted by molar-refractivity contribution is -0.120. The van der Waals surface area contributed by atoms with Gasteiger partial charge in [-0.25, -0.2) is 8.42 Å². The molecule has 4 rings (SSSR count). The average molecular weight is 401 g/mol. The summed E-state index contributed by atoms with van der Waals surface area (Å²) in [4.78, 5) is 12.8. The quantitative estimate of drug-likeness (QED) is 0.722. The Balaban J connectivity index is 1.61. The van der Waals surface area contributed by atoms with Gasteiger partial charge in [-0.3, -0.25) is 9.10 Å². The van der Waals surface area contributed by atoms with Gasteiger partial charge in [0.1, 0.15) is 6.54 Å². The van der Waals surface area contributed by atoms with E-state index in [2.05, 4.69) is 5.32 Å². The number of rotatable bonds is 4. The van der Waals surface area contributed by atoms with Gasteiger partial charge < -0.3 is 5.32 Å². The van der Waals surface area contributed by atoms with Gasteiger partial charge in [0.15, 0.2) is 0 Å². The number of nitrogens with zero attached hydrogens (tertiary/aromatic N) is 1. The van der Waals surface area contributed by atoms with E-state index in [0.717, 1.165) is 10.9 Å². The molecule has 138 valence electrons. The van der Waals surface area contributed by atoms with E-state index in [4.69, 9.17) is 11.6 Å². The molecule has 27 heavy (non-hydrogen) atoms. The highest BCUT2D eigenvalue weighted by molar-refractivity contribution is 7.93. The van der Waals surface area contributed by atoms with Crippen LogP contribution in [0.4, 0.5) is 5.69 Å². The Labute approximate surface area is 162 Å². The summed E-state index contributed by atoms with van der Waals surface area (Å²) in [6.45, 7) is 1.53. The van der Waals surface area contributed by atoms with E-state index in [9.17, 15) is 13.2 Å². The van der Waals surface area contributed by atoms with Crippen LogP contribution in [-0.4, -0.2) is 20.9 Å². The zero-order chi connectivity index (χ0) is 19.2. The molecule has 0 saturated carbocycles. The van der Waals surface area contributed by atoms with Crippen LogP contribution in [0, 0.1) is 0 Å². The van der Waals surface area contributed by atoms with E-state index in [-0.39, 0.29) is 17.5 Å². The summed E-state index contributed by atoms with van der Waals surface area (Å²) in [6.07, 6.45) is 0. The second-order valence-electron chi connectivity index (χ2n) is 6.45. The number of carbonyl (C=O) groups is 1. The highest BCUT2D eigenvalue weighted by Gasteiger charge is 2.36. The van der Waals surface area contributed by atoms with Gasteiger partial charge in [0.25, 0.3) is 10.0 Å². The minimum absolute atomic E-state index is 0.238. The number of hydrogen-bond acceptors (Lipinski definition) is 3. The van der Waals surface area contributed by atoms with Crippen LogP contribution < -0.4 is 9.62 Å². The van der Waals surface area contributed by atoms with Crippen molar-refractivity contribution in [1.29, 1.82) is 0 Å². The number of carbonyl (C=O) groups excluding carboxylic acids is 1. The molecule has 0 aromatic heterocycles. The highest BCUT2D eigenvalue weighted by Crippen LogP contribution is 2.41. The lowest BCUT2D eigenvalue weighted by Crippen LogP contribution is -2.39. The van der Waals surface area contributed by atoms with Crippen LogP contribution in [0.3, 0.4) is 0 Å². The number of hydrogen-bond donors (Lipinski definition) is 1. The third-order valence-electron chi connectivity index (χ3n) is 4.72. The van der Waals surface area contributed by atoms with Crippen molar-refractivity contribution in [3.05, 3.63) is 71.2 Å². The molecule has 1 aliphatic rings. The van der Waals surface area contributed by atoms with Gasteiger partial charge in [0, 0.05) is 10.4 Å². The number of nitrogens with one attached hydrogen (secondary N) is 1. The van der Waals surface area contributed by atoms with Gasteiger partial charge in [0.2, 0.25) is 5.91 Å². The van der Waals surface area contributed by atoms with E-state index >= 15 is 0 Å². The number of amides is 1. The van der Waals surface area contributed by atoms with Gasteiger partial charge in [-0.2, -0.15) is 0 Å². The van der Waals surface area contributed by atoms with Crippen molar-refractivity contribution in [3.8, 4) is 0 Å². The first kappa shape index (κ1) is 17.8. The summed E-state index contributed by atoms with van der Waals surface area (Å²) >= 11 is 6.18. The molecular formula is C20H17ClN2O3S. The third-order valence-corrected chi connectivity index (χ3v) is 6.86. The maximum absolute atomic E-state index is 12.9. The molecule has 0 fully saturated rings. The maximum Gasteiger partial charge on any atom is 0.265 e. The Kier molecular flexibility index (Phi) is 4.32. The Morgan fingerprint density at radius 3 is 2.52 bits per heavy atom. The Morgan fingerprint density at radius 1 is 1.07 bits per heavy atom. The van der Waals surface area contributed by atoms with Crippen LogP contribution in [0.15, 0.2) is 65.6 Å². The molecule has 1 N–H and O–H groups in total. The monoisotopic (exact) mass is 400 g/mol. The van der Waals surface area contributed by atoms with Crippen LogP contribution in [0.1, 0.15) is 18.5 Å². The SMILES string of the molecule is CC(NC(=O)CN1c2cccc3cccc(c23)S1(=O)=O)c1ccccc1Cl. The minimum atomic E-state index is -3.76. The Bertz CT molecular complexity index is 1160. The predicted octanol–water partition coefficient (Wildman–Crippen LogP) is 3.88. The van der Waals surface area contributed by atoms with Gasteiger partial charge >= 0.3 is 0 Å². The first-order valence-electron chi connectivity index (χ1n) is 8.48. The molecule has 1 atom stereocenters. The maximum atomic E-state index is 12.9. The molecule has 3 aromatic rings. The third kappa shape index (κ3) is 2.95. The zero-order valence-electron chi connectivity index (χ0n) is 14.5. The fourth-order valence-corrected chi connectivity index (χ4v) is 5.42. The molecular weight excluding hydrogens is 384 g/mol. The molecule has 0 radical (unpaired) electrons. The van der Waals surface area contributed by atoms with Crippen molar-refractivity contribution in [2.45, 2.75) is 17.9 Å². The summed E-state index contributed by atoms with van der Waals surface area (Å²) < 4.78 is 27.0. The molecule has 1 heterocycles. The van der Waals surface area contributed by atoms with Gasteiger partial charge in [-0.05, 0) is 36.1 Å². The lowest BCUT2D eigenvalue weighted by Gasteiger charge is -2.21. The molecule has 5 nitrogen and oxygen atoms in total. The second-order valence-corrected chi connectivity index (χ2v) is 8.69. The summed E-state index contributed by atoms with van der Waals surface area (Å²) in [5.74, 6) is -0.393. The molecule has 0 aliphatic carbocycles. The second kappa shape index (κ2) is 6.55. The van der Waals surface area contributed by atoms with Gasteiger partial charge in [-0.15, -0.1) is 0 Å². The smallest absolute Gasteiger partial charge is 0.265 e. The van der Waals surface area contributed by atoms with E-state index < -0.39 is 15.9 Å². The fourth-order valence-electron chi connectivity index (χ4n) is 3.45. The fraction of sp³-hybridized carbons (Fsp3) is 0.150. The highest BCUT2D eigenvalue weighted by atomic mass is 35.5. The number of benzene rings is 3. The van der Waals surface area contributed by atoms with Gasteiger partial charge in [0.05, 0.1) is 16.6 Å². The van der Waals surface area contributed by atoms with Crippen LogP contribution in [-0.2, 0) is 14.8 Å². The lowest BCUT2D eigenvalue weighted by atomic mass is 10.1. The van der Waals surface area contributed by atoms with Crippen LogP contribution in [0.5, 0.6) is 0 Å². The summed E-state index contributed by atoms with van der Waals surface area (Å²) in [6, 6.07) is 17.4. The molecule has 1 unspecified atom stereocenters. The molecule has 0 spiro atoms. The summed E-state index contributed by atoms with van der Waals surface area (Å²) in [5.41, 5.74) is 1.31. The van der Waals surface area contributed by atoms with E-state index in [1.54, 1.807) is 30.3 Å². The first-order valence-corrected chi connectivity index (χ1v) is 10.3. The average Bonchev–Trinajstić information content (AvgIpc) is 2.85. The predicted molar refractivity (Wildman–Crippen MR) is 106 cm³/mol. The largest absolute Gasteiger partial charge is 0.348 e. The van der Waals surface area contributed by atoms with Crippen molar-refractivity contribution in [1.82, 2.24) is 5.32 Å². The zero-order valence-corrected chi connectivity index (χ0v) is 16.1. The topological polar surface area (TPSA) is 66.5 Å². The van der Waals surface area contributed by atoms with Crippen molar-refractivity contribution in [2.24, 2.45) is 0 Å². The summed E-state index contributed by atoms with van der Waals surface area (Å²) in [7, 11) is -3.76. The van der Waals surface area contributed by atoms with Crippen LogP contribution in [0.25, 0.3) is 10.8 Å². The van der Waals surface area contributed by atoms with Crippen molar-refractivity contribution in [3.63, 3.8) is 0 Å². The first-order chi connectivity index (χ1) is 12.9. The van der Waals surface area contributed by atoms with E-state index in [1.807, 2.05) is 37.3 Å². The normalized spacial score (nSPS) is 15.7. The minimum Gasteiger partial charge on any atom is -0.348 e. The van der Waals surface area contributed by atoms with E-state index in [0.29, 0.717) is 16.1 Å². The molecule has 7 heteroatoms. The van der Waals surface area contributed by atoms with Crippen molar-refractivity contribution < 1.29 is 13.2 Å². The van der Waals surface area contributed by atoms with Crippen LogP contribution >= 0.6 is 11.6 Å². The van der Waals surface area contributed by atoms with Crippen LogP contribution in [0.2, 0.25) is 5.02 Å². The molecule has 0 saturated heterocycles. The molecule has 1 aliphatic heterocycles. The Morgan fingerprint density at radius 2 is 1.78 bits per heavy atom. The van der Waals surface area contributed by atoms with Gasteiger partial charge in [-0.1, -0.05) is 54.1 Å². The number of anilines is 1. The molecule has 0 bridgehead atoms.